The summed E-state index contributed by atoms with van der Waals surface area (Å²) in [6.07, 6.45) is 3.89. The summed E-state index contributed by atoms with van der Waals surface area (Å²) in [5.74, 6) is 0. The highest BCUT2D eigenvalue weighted by Gasteiger charge is 2.41. The molecule has 0 aliphatic carbocycles. The molecular formula is C21H21ClN4OS. The molecule has 144 valence electrons. The first-order valence-corrected chi connectivity index (χ1v) is 9.88. The standard InChI is InChI=1S/C21H21ClN4OS/c1-27-14-13-25-12-4-6-18(25)20-19(17-5-2-3-11-23-17)24-21(28)26(20)16-9-7-15(22)8-10-16/h2-12,19-20H,13-14H2,1H3,(H,24,28)/t19-,20+/m0/s1. The highest BCUT2D eigenvalue weighted by atomic mass is 35.5. The maximum Gasteiger partial charge on any atom is 0.174 e. The van der Waals surface area contributed by atoms with Crippen LogP contribution in [0.1, 0.15) is 23.5 Å². The molecular weight excluding hydrogens is 392 g/mol. The van der Waals surface area contributed by atoms with Crippen molar-refractivity contribution in [3.63, 3.8) is 0 Å². The van der Waals surface area contributed by atoms with Gasteiger partial charge in [0.15, 0.2) is 5.11 Å². The topological polar surface area (TPSA) is 42.3 Å². The minimum atomic E-state index is -0.0689. The average Bonchev–Trinajstić information content (AvgIpc) is 3.31. The first-order valence-electron chi connectivity index (χ1n) is 9.09. The fraction of sp³-hybridized carbons (Fsp3) is 0.238. The van der Waals surface area contributed by atoms with Crippen LogP contribution < -0.4 is 10.2 Å². The van der Waals surface area contributed by atoms with Crippen LogP contribution in [0.4, 0.5) is 5.69 Å². The lowest BCUT2D eigenvalue weighted by Gasteiger charge is -2.29. The molecule has 0 amide bonds. The van der Waals surface area contributed by atoms with Crippen LogP contribution in [0.5, 0.6) is 0 Å². The molecule has 0 unspecified atom stereocenters. The number of nitrogens with one attached hydrogen (secondary N) is 1. The number of hydrogen-bond donors (Lipinski definition) is 1. The Bertz CT molecular complexity index is 945. The van der Waals surface area contributed by atoms with Gasteiger partial charge in [0.25, 0.3) is 0 Å². The Balaban J connectivity index is 1.80. The molecule has 0 bridgehead atoms. The summed E-state index contributed by atoms with van der Waals surface area (Å²) in [5.41, 5.74) is 3.09. The minimum Gasteiger partial charge on any atom is -0.383 e. The predicted octanol–water partition coefficient (Wildman–Crippen LogP) is 4.36. The number of rotatable bonds is 6. The molecule has 0 radical (unpaired) electrons. The third kappa shape index (κ3) is 3.63. The number of benzene rings is 1. The number of halogens is 1. The fourth-order valence-electron chi connectivity index (χ4n) is 3.62. The zero-order valence-electron chi connectivity index (χ0n) is 15.5. The van der Waals surface area contributed by atoms with E-state index in [4.69, 9.17) is 28.6 Å². The summed E-state index contributed by atoms with van der Waals surface area (Å²) in [5, 5.41) is 4.84. The SMILES string of the molecule is COCCn1cccc1[C@@H]1[C@H](c2ccccn2)NC(=S)N1c1ccc(Cl)cc1. The van der Waals surface area contributed by atoms with Gasteiger partial charge < -0.3 is 19.5 Å². The van der Waals surface area contributed by atoms with Gasteiger partial charge in [-0.2, -0.15) is 0 Å². The van der Waals surface area contributed by atoms with E-state index in [-0.39, 0.29) is 12.1 Å². The van der Waals surface area contributed by atoms with Crippen LogP contribution >= 0.6 is 23.8 Å². The molecule has 5 nitrogen and oxygen atoms in total. The van der Waals surface area contributed by atoms with Gasteiger partial charge >= 0.3 is 0 Å². The Kier molecular flexibility index (Phi) is 5.62. The number of thiocarbonyl (C=S) groups is 1. The van der Waals surface area contributed by atoms with Crippen molar-refractivity contribution in [3.8, 4) is 0 Å². The number of anilines is 1. The normalized spacial score (nSPS) is 19.1. The number of ether oxygens (including phenoxy) is 1. The molecule has 1 fully saturated rings. The summed E-state index contributed by atoms with van der Waals surface area (Å²) >= 11 is 11.8. The number of nitrogens with zero attached hydrogens (tertiary/aromatic N) is 3. The molecule has 0 spiro atoms. The summed E-state index contributed by atoms with van der Waals surface area (Å²) in [6, 6.07) is 17.8. The highest BCUT2D eigenvalue weighted by molar-refractivity contribution is 7.80. The zero-order chi connectivity index (χ0) is 19.5. The fourth-order valence-corrected chi connectivity index (χ4v) is 4.10. The maximum atomic E-state index is 6.10. The molecule has 2 atom stereocenters. The van der Waals surface area contributed by atoms with Gasteiger partial charge in [-0.05, 0) is 60.7 Å². The monoisotopic (exact) mass is 412 g/mol. The Hall–Kier alpha value is -2.41. The molecule has 1 aliphatic rings. The maximum absolute atomic E-state index is 6.10. The molecule has 7 heteroatoms. The van der Waals surface area contributed by atoms with Gasteiger partial charge in [0.2, 0.25) is 0 Å². The number of pyridine rings is 1. The second-order valence-corrected chi connectivity index (χ2v) is 7.42. The van der Waals surface area contributed by atoms with Gasteiger partial charge in [-0.15, -0.1) is 0 Å². The quantitative estimate of drug-likeness (QED) is 0.609. The van der Waals surface area contributed by atoms with E-state index in [0.717, 1.165) is 23.6 Å². The molecule has 2 aromatic heterocycles. The summed E-state index contributed by atoms with van der Waals surface area (Å²) in [7, 11) is 1.71. The van der Waals surface area contributed by atoms with E-state index >= 15 is 0 Å². The largest absolute Gasteiger partial charge is 0.383 e. The Morgan fingerprint density at radius 2 is 1.96 bits per heavy atom. The van der Waals surface area contributed by atoms with E-state index in [9.17, 15) is 0 Å². The number of methoxy groups -OCH3 is 1. The third-order valence-electron chi connectivity index (χ3n) is 4.91. The number of aromatic nitrogens is 2. The van der Waals surface area contributed by atoms with E-state index in [1.807, 2.05) is 48.7 Å². The van der Waals surface area contributed by atoms with Crippen LogP contribution in [0.15, 0.2) is 67.0 Å². The van der Waals surface area contributed by atoms with Crippen molar-refractivity contribution >= 4 is 34.6 Å². The average molecular weight is 413 g/mol. The molecule has 28 heavy (non-hydrogen) atoms. The van der Waals surface area contributed by atoms with Crippen LogP contribution in [0.25, 0.3) is 0 Å². The smallest absolute Gasteiger partial charge is 0.174 e. The van der Waals surface area contributed by atoms with E-state index in [2.05, 4.69) is 38.1 Å². The van der Waals surface area contributed by atoms with Crippen LogP contribution in [0.3, 0.4) is 0 Å². The molecule has 1 saturated heterocycles. The van der Waals surface area contributed by atoms with Crippen molar-refractivity contribution in [2.45, 2.75) is 18.6 Å². The molecule has 1 aromatic carbocycles. The van der Waals surface area contributed by atoms with Crippen molar-refractivity contribution in [2.24, 2.45) is 0 Å². The Morgan fingerprint density at radius 1 is 1.14 bits per heavy atom. The van der Waals surface area contributed by atoms with Crippen LogP contribution in [0.2, 0.25) is 5.02 Å². The second-order valence-electron chi connectivity index (χ2n) is 6.59. The van der Waals surface area contributed by atoms with Crippen molar-refractivity contribution in [1.82, 2.24) is 14.9 Å². The zero-order valence-corrected chi connectivity index (χ0v) is 17.0. The highest BCUT2D eigenvalue weighted by Crippen LogP contribution is 2.41. The van der Waals surface area contributed by atoms with Gasteiger partial charge in [0.1, 0.15) is 6.04 Å². The lowest BCUT2D eigenvalue weighted by molar-refractivity contribution is 0.186. The molecule has 4 rings (SSSR count). The van der Waals surface area contributed by atoms with Crippen molar-refractivity contribution in [1.29, 1.82) is 0 Å². The Morgan fingerprint density at radius 3 is 2.68 bits per heavy atom. The summed E-state index contributed by atoms with van der Waals surface area (Å²) in [4.78, 5) is 6.73. The van der Waals surface area contributed by atoms with E-state index in [0.29, 0.717) is 16.7 Å². The summed E-state index contributed by atoms with van der Waals surface area (Å²) in [6.45, 7) is 1.41. The number of hydrogen-bond acceptors (Lipinski definition) is 3. The lowest BCUT2D eigenvalue weighted by atomic mass is 10.0. The third-order valence-corrected chi connectivity index (χ3v) is 5.47. The predicted molar refractivity (Wildman–Crippen MR) is 116 cm³/mol. The molecule has 3 aromatic rings. The molecule has 3 heterocycles. The minimum absolute atomic E-state index is 0.0459. The van der Waals surface area contributed by atoms with Crippen molar-refractivity contribution < 1.29 is 4.74 Å². The summed E-state index contributed by atoms with van der Waals surface area (Å²) < 4.78 is 7.50. The first kappa shape index (κ1) is 18.9. The lowest BCUT2D eigenvalue weighted by Crippen LogP contribution is -2.30. The van der Waals surface area contributed by atoms with Gasteiger partial charge in [-0.3, -0.25) is 4.98 Å². The van der Waals surface area contributed by atoms with Crippen molar-refractivity contribution in [3.05, 3.63) is 83.4 Å². The van der Waals surface area contributed by atoms with E-state index < -0.39 is 0 Å². The van der Waals surface area contributed by atoms with Gasteiger partial charge in [0, 0.05) is 42.5 Å². The van der Waals surface area contributed by atoms with E-state index in [1.165, 1.54) is 0 Å². The first-order chi connectivity index (χ1) is 13.7. The van der Waals surface area contributed by atoms with Gasteiger partial charge in [-0.1, -0.05) is 17.7 Å². The molecule has 0 saturated carbocycles. The second kappa shape index (κ2) is 8.31. The Labute approximate surface area is 174 Å². The van der Waals surface area contributed by atoms with Gasteiger partial charge in [-0.25, -0.2) is 0 Å². The van der Waals surface area contributed by atoms with Crippen molar-refractivity contribution in [2.75, 3.05) is 18.6 Å². The van der Waals surface area contributed by atoms with Crippen LogP contribution in [-0.4, -0.2) is 28.4 Å². The van der Waals surface area contributed by atoms with Gasteiger partial charge in [0.05, 0.1) is 18.3 Å². The van der Waals surface area contributed by atoms with E-state index in [1.54, 1.807) is 7.11 Å². The van der Waals surface area contributed by atoms with Crippen LogP contribution in [-0.2, 0) is 11.3 Å². The van der Waals surface area contributed by atoms with Crippen LogP contribution in [0, 0.1) is 0 Å². The molecule has 1 aliphatic heterocycles. The molecule has 1 N–H and O–H groups in total.